The second-order valence-electron chi connectivity index (χ2n) is 2.42. The van der Waals surface area contributed by atoms with Crippen molar-refractivity contribution in [3.05, 3.63) is 42.0 Å². The summed E-state index contributed by atoms with van der Waals surface area (Å²) in [7, 11) is 0. The van der Waals surface area contributed by atoms with Crippen LogP contribution in [0.15, 0.2) is 30.8 Å². The summed E-state index contributed by atoms with van der Waals surface area (Å²) in [6, 6.07) is 6.93. The zero-order chi connectivity index (χ0) is 9.68. The summed E-state index contributed by atoms with van der Waals surface area (Å²) in [6.07, 6.45) is 1.71. The number of rotatable bonds is 3. The van der Waals surface area contributed by atoms with Gasteiger partial charge in [0.25, 0.3) is 0 Å². The smallest absolute Gasteiger partial charge is 0.339 e. The number of carbonyl (C=O) groups excluding carboxylic acids is 1. The van der Waals surface area contributed by atoms with E-state index in [0.717, 1.165) is 5.56 Å². The molecule has 0 saturated carbocycles. The molecule has 0 atom stereocenters. The van der Waals surface area contributed by atoms with E-state index in [9.17, 15) is 4.79 Å². The monoisotopic (exact) mass is 177 g/mol. The second-order valence-corrected chi connectivity index (χ2v) is 2.42. The highest BCUT2D eigenvalue weighted by Gasteiger charge is 2.04. The van der Waals surface area contributed by atoms with E-state index in [2.05, 4.69) is 11.3 Å². The van der Waals surface area contributed by atoms with Crippen LogP contribution in [0.25, 0.3) is 6.08 Å². The lowest BCUT2D eigenvalue weighted by Gasteiger charge is -2.00. The van der Waals surface area contributed by atoms with Crippen LogP contribution in [0.5, 0.6) is 0 Å². The third kappa shape index (κ3) is 2.42. The fraction of sp³-hybridized carbons (Fsp3) is 0.100. The molecule has 0 aromatic heterocycles. The Morgan fingerprint density at radius 2 is 2.08 bits per heavy atom. The van der Waals surface area contributed by atoms with Crippen molar-refractivity contribution in [2.45, 2.75) is 0 Å². The van der Waals surface area contributed by atoms with Gasteiger partial charge in [0.05, 0.1) is 5.56 Å². The maximum absolute atomic E-state index is 11.1. The molecule has 0 spiro atoms. The maximum atomic E-state index is 11.1. The third-order valence-electron chi connectivity index (χ3n) is 1.60. The molecule has 3 nitrogen and oxygen atoms in total. The van der Waals surface area contributed by atoms with Crippen molar-refractivity contribution in [3.63, 3.8) is 0 Å². The largest absolute Gasteiger partial charge is 0.446 e. The first-order chi connectivity index (χ1) is 6.27. The molecule has 68 valence electrons. The molecule has 13 heavy (non-hydrogen) atoms. The Kier molecular flexibility index (Phi) is 3.23. The molecule has 0 bridgehead atoms. The topological polar surface area (TPSA) is 52.3 Å². The van der Waals surface area contributed by atoms with Gasteiger partial charge < -0.3 is 4.74 Å². The van der Waals surface area contributed by atoms with Crippen molar-refractivity contribution < 1.29 is 9.53 Å². The van der Waals surface area contributed by atoms with Crippen molar-refractivity contribution in [1.82, 2.24) is 0 Å². The van der Waals surface area contributed by atoms with E-state index in [1.54, 1.807) is 30.3 Å². The first-order valence-corrected chi connectivity index (χ1v) is 3.87. The molecule has 0 heterocycles. The quantitative estimate of drug-likeness (QED) is 0.561. The average molecular weight is 177 g/mol. The van der Waals surface area contributed by atoms with Gasteiger partial charge >= 0.3 is 5.97 Å². The molecule has 3 heteroatoms. The standard InChI is InChI=1S/C10H11NO2/c1-2-8-3-5-9(6-4-8)10(12)13-7-11/h2-6H,1,7,11H2. The van der Waals surface area contributed by atoms with Crippen molar-refractivity contribution in [3.8, 4) is 0 Å². The van der Waals surface area contributed by atoms with Crippen molar-refractivity contribution in [2.24, 2.45) is 5.73 Å². The maximum Gasteiger partial charge on any atom is 0.339 e. The van der Waals surface area contributed by atoms with E-state index in [0.29, 0.717) is 5.56 Å². The van der Waals surface area contributed by atoms with Crippen LogP contribution in [0.4, 0.5) is 0 Å². The average Bonchev–Trinajstić information content (AvgIpc) is 2.18. The summed E-state index contributed by atoms with van der Waals surface area (Å²) >= 11 is 0. The summed E-state index contributed by atoms with van der Waals surface area (Å²) in [5, 5.41) is 0. The number of nitrogens with two attached hydrogens (primary N) is 1. The van der Waals surface area contributed by atoms with Crippen molar-refractivity contribution in [1.29, 1.82) is 0 Å². The molecular weight excluding hydrogens is 166 g/mol. The zero-order valence-electron chi connectivity index (χ0n) is 7.19. The van der Waals surface area contributed by atoms with Gasteiger partial charge in [0, 0.05) is 0 Å². The van der Waals surface area contributed by atoms with E-state index in [-0.39, 0.29) is 6.73 Å². The summed E-state index contributed by atoms with van der Waals surface area (Å²) in [5.74, 6) is -0.405. The summed E-state index contributed by atoms with van der Waals surface area (Å²) in [5.41, 5.74) is 6.52. The number of hydrogen-bond donors (Lipinski definition) is 1. The number of esters is 1. The molecule has 0 amide bonds. The van der Waals surface area contributed by atoms with Gasteiger partial charge in [-0.05, 0) is 17.7 Å². The van der Waals surface area contributed by atoms with E-state index >= 15 is 0 Å². The molecule has 1 rings (SSSR count). The van der Waals surface area contributed by atoms with E-state index in [4.69, 9.17) is 5.73 Å². The number of carbonyl (C=O) groups is 1. The predicted octanol–water partition coefficient (Wildman–Crippen LogP) is 1.40. The van der Waals surface area contributed by atoms with Crippen LogP contribution >= 0.6 is 0 Å². The Hall–Kier alpha value is -1.61. The van der Waals surface area contributed by atoms with Crippen LogP contribution in [-0.4, -0.2) is 12.7 Å². The van der Waals surface area contributed by atoms with Crippen LogP contribution in [0.1, 0.15) is 15.9 Å². The number of ether oxygens (including phenoxy) is 1. The molecule has 0 aliphatic carbocycles. The zero-order valence-corrected chi connectivity index (χ0v) is 7.19. The first-order valence-electron chi connectivity index (χ1n) is 3.87. The van der Waals surface area contributed by atoms with Gasteiger partial charge in [-0.3, -0.25) is 5.73 Å². The van der Waals surface area contributed by atoms with Crippen molar-refractivity contribution >= 4 is 12.0 Å². The minimum Gasteiger partial charge on any atom is -0.446 e. The van der Waals surface area contributed by atoms with Gasteiger partial charge in [-0.25, -0.2) is 4.79 Å². The van der Waals surface area contributed by atoms with Gasteiger partial charge in [-0.1, -0.05) is 24.8 Å². The second kappa shape index (κ2) is 4.42. The van der Waals surface area contributed by atoms with Gasteiger partial charge in [0.1, 0.15) is 6.73 Å². The summed E-state index contributed by atoms with van der Waals surface area (Å²) < 4.78 is 4.61. The fourth-order valence-corrected chi connectivity index (χ4v) is 0.914. The minimum atomic E-state index is -0.405. The van der Waals surface area contributed by atoms with E-state index < -0.39 is 5.97 Å². The molecule has 0 unspecified atom stereocenters. The van der Waals surface area contributed by atoms with Gasteiger partial charge in [0.15, 0.2) is 0 Å². The summed E-state index contributed by atoms with van der Waals surface area (Å²) in [4.78, 5) is 11.1. The summed E-state index contributed by atoms with van der Waals surface area (Å²) in [6.45, 7) is 3.51. The Morgan fingerprint density at radius 1 is 1.46 bits per heavy atom. The molecule has 2 N–H and O–H groups in total. The fourth-order valence-electron chi connectivity index (χ4n) is 0.914. The molecule has 1 aromatic rings. The lowest BCUT2D eigenvalue weighted by atomic mass is 10.1. The third-order valence-corrected chi connectivity index (χ3v) is 1.60. The molecular formula is C10H11NO2. The predicted molar refractivity (Wildman–Crippen MR) is 51.0 cm³/mol. The van der Waals surface area contributed by atoms with Crippen LogP contribution in [0.2, 0.25) is 0 Å². The Labute approximate surface area is 76.8 Å². The van der Waals surface area contributed by atoms with E-state index in [1.807, 2.05) is 0 Å². The Morgan fingerprint density at radius 3 is 2.54 bits per heavy atom. The SMILES string of the molecule is C=Cc1ccc(C(=O)OCN)cc1. The molecule has 0 fully saturated rings. The molecule has 1 aromatic carbocycles. The highest BCUT2D eigenvalue weighted by molar-refractivity contribution is 5.89. The molecule has 0 aliphatic rings. The van der Waals surface area contributed by atoms with Crippen molar-refractivity contribution in [2.75, 3.05) is 6.73 Å². The lowest BCUT2D eigenvalue weighted by Crippen LogP contribution is -2.11. The minimum absolute atomic E-state index is 0.0952. The van der Waals surface area contributed by atoms with E-state index in [1.165, 1.54) is 0 Å². The lowest BCUT2D eigenvalue weighted by molar-refractivity contribution is 0.0515. The number of hydrogen-bond acceptors (Lipinski definition) is 3. The van der Waals surface area contributed by atoms with Gasteiger partial charge in [0.2, 0.25) is 0 Å². The highest BCUT2D eigenvalue weighted by atomic mass is 16.5. The van der Waals surface area contributed by atoms with Crippen LogP contribution < -0.4 is 5.73 Å². The highest BCUT2D eigenvalue weighted by Crippen LogP contribution is 2.06. The van der Waals surface area contributed by atoms with Crippen LogP contribution in [-0.2, 0) is 4.74 Å². The first kappa shape index (κ1) is 9.48. The normalized spacial score (nSPS) is 9.31. The number of benzene rings is 1. The molecule has 0 saturated heterocycles. The van der Waals surface area contributed by atoms with Crippen LogP contribution in [0, 0.1) is 0 Å². The van der Waals surface area contributed by atoms with Crippen LogP contribution in [0.3, 0.4) is 0 Å². The van der Waals surface area contributed by atoms with Gasteiger partial charge in [-0.15, -0.1) is 0 Å². The Balaban J connectivity index is 2.79. The molecule has 0 radical (unpaired) electrons. The molecule has 0 aliphatic heterocycles. The Bertz CT molecular complexity index is 303. The van der Waals surface area contributed by atoms with Gasteiger partial charge in [-0.2, -0.15) is 0 Å².